The Bertz CT molecular complexity index is 138. The SMILES string of the molecule is CCC(CC)(CO)CC1CCOCC1. The van der Waals surface area contributed by atoms with Crippen molar-refractivity contribution in [2.24, 2.45) is 11.3 Å². The van der Waals surface area contributed by atoms with Crippen LogP contribution in [0.3, 0.4) is 0 Å². The van der Waals surface area contributed by atoms with Crippen molar-refractivity contribution in [3.8, 4) is 0 Å². The predicted molar refractivity (Wildman–Crippen MR) is 58.3 cm³/mol. The van der Waals surface area contributed by atoms with E-state index < -0.39 is 0 Å². The van der Waals surface area contributed by atoms with Gasteiger partial charge in [0.1, 0.15) is 0 Å². The third-order valence-corrected chi connectivity index (χ3v) is 3.90. The number of aliphatic hydroxyl groups excluding tert-OH is 1. The highest BCUT2D eigenvalue weighted by Crippen LogP contribution is 2.36. The smallest absolute Gasteiger partial charge is 0.0487 e. The van der Waals surface area contributed by atoms with Crippen LogP contribution in [-0.4, -0.2) is 24.9 Å². The number of hydrogen-bond acceptors (Lipinski definition) is 2. The molecule has 0 saturated carbocycles. The van der Waals surface area contributed by atoms with Crippen LogP contribution in [0.4, 0.5) is 0 Å². The van der Waals surface area contributed by atoms with Crippen LogP contribution in [-0.2, 0) is 4.74 Å². The van der Waals surface area contributed by atoms with Crippen molar-refractivity contribution in [1.29, 1.82) is 0 Å². The van der Waals surface area contributed by atoms with Crippen molar-refractivity contribution >= 4 is 0 Å². The zero-order valence-electron chi connectivity index (χ0n) is 9.59. The van der Waals surface area contributed by atoms with Gasteiger partial charge in [-0.05, 0) is 43.4 Å². The molecule has 1 aliphatic heterocycles. The second-order valence-corrected chi connectivity index (χ2v) is 4.63. The zero-order chi connectivity index (χ0) is 10.4. The van der Waals surface area contributed by atoms with Crippen molar-refractivity contribution in [3.05, 3.63) is 0 Å². The lowest BCUT2D eigenvalue weighted by Gasteiger charge is -2.35. The third kappa shape index (κ3) is 2.96. The summed E-state index contributed by atoms with van der Waals surface area (Å²) in [6.45, 7) is 6.56. The molecule has 84 valence electrons. The summed E-state index contributed by atoms with van der Waals surface area (Å²) >= 11 is 0. The molecule has 0 bridgehead atoms. The van der Waals surface area contributed by atoms with Gasteiger partial charge < -0.3 is 9.84 Å². The maximum absolute atomic E-state index is 9.48. The molecule has 1 N–H and O–H groups in total. The Hall–Kier alpha value is -0.0800. The molecule has 1 heterocycles. The zero-order valence-corrected chi connectivity index (χ0v) is 9.59. The van der Waals surface area contributed by atoms with Gasteiger partial charge in [-0.2, -0.15) is 0 Å². The van der Waals surface area contributed by atoms with E-state index in [1.165, 1.54) is 19.3 Å². The van der Waals surface area contributed by atoms with E-state index in [1.54, 1.807) is 0 Å². The fourth-order valence-corrected chi connectivity index (χ4v) is 2.39. The quantitative estimate of drug-likeness (QED) is 0.739. The minimum Gasteiger partial charge on any atom is -0.396 e. The Labute approximate surface area is 87.7 Å². The minimum atomic E-state index is 0.183. The largest absolute Gasteiger partial charge is 0.396 e. The molecule has 0 atom stereocenters. The van der Waals surface area contributed by atoms with Crippen LogP contribution in [0.25, 0.3) is 0 Å². The topological polar surface area (TPSA) is 29.5 Å². The summed E-state index contributed by atoms with van der Waals surface area (Å²) in [6, 6.07) is 0. The first-order chi connectivity index (χ1) is 6.76. The monoisotopic (exact) mass is 200 g/mol. The molecule has 0 radical (unpaired) electrons. The molecule has 1 fully saturated rings. The fraction of sp³-hybridized carbons (Fsp3) is 1.00. The molecule has 0 aromatic rings. The second-order valence-electron chi connectivity index (χ2n) is 4.63. The Kier molecular flexibility index (Phi) is 4.90. The maximum atomic E-state index is 9.48. The van der Waals surface area contributed by atoms with Gasteiger partial charge in [0.2, 0.25) is 0 Å². The fourth-order valence-electron chi connectivity index (χ4n) is 2.39. The molecule has 0 aromatic carbocycles. The summed E-state index contributed by atoms with van der Waals surface area (Å²) < 4.78 is 5.35. The van der Waals surface area contributed by atoms with Gasteiger partial charge in [-0.3, -0.25) is 0 Å². The molecule has 2 nitrogen and oxygen atoms in total. The van der Waals surface area contributed by atoms with Gasteiger partial charge in [-0.25, -0.2) is 0 Å². The first kappa shape index (κ1) is 12.0. The molecule has 0 amide bonds. The van der Waals surface area contributed by atoms with Crippen molar-refractivity contribution in [1.82, 2.24) is 0 Å². The summed E-state index contributed by atoms with van der Waals surface area (Å²) in [5, 5.41) is 9.48. The second kappa shape index (κ2) is 5.72. The van der Waals surface area contributed by atoms with Crippen molar-refractivity contribution in [2.45, 2.75) is 46.0 Å². The van der Waals surface area contributed by atoms with E-state index in [-0.39, 0.29) is 5.41 Å². The molecular formula is C12H24O2. The Balaban J connectivity index is 2.44. The molecule has 14 heavy (non-hydrogen) atoms. The molecule has 0 spiro atoms. The van der Waals surface area contributed by atoms with Crippen LogP contribution < -0.4 is 0 Å². The minimum absolute atomic E-state index is 0.183. The molecule has 1 saturated heterocycles. The number of ether oxygens (including phenoxy) is 1. The Morgan fingerprint density at radius 1 is 1.21 bits per heavy atom. The number of hydrogen-bond donors (Lipinski definition) is 1. The van der Waals surface area contributed by atoms with E-state index in [0.29, 0.717) is 6.61 Å². The van der Waals surface area contributed by atoms with E-state index in [4.69, 9.17) is 4.74 Å². The van der Waals surface area contributed by atoms with Crippen LogP contribution in [0.15, 0.2) is 0 Å². The number of aliphatic hydroxyl groups is 1. The highest BCUT2D eigenvalue weighted by molar-refractivity contribution is 4.80. The molecule has 0 unspecified atom stereocenters. The van der Waals surface area contributed by atoms with Gasteiger partial charge >= 0.3 is 0 Å². The van der Waals surface area contributed by atoms with Crippen molar-refractivity contribution < 1.29 is 9.84 Å². The van der Waals surface area contributed by atoms with Gasteiger partial charge in [0.05, 0.1) is 0 Å². The third-order valence-electron chi connectivity index (χ3n) is 3.90. The molecule has 1 aliphatic rings. The van der Waals surface area contributed by atoms with Gasteiger partial charge in [-0.1, -0.05) is 13.8 Å². The van der Waals surface area contributed by atoms with Crippen LogP contribution in [0, 0.1) is 11.3 Å². The lowest BCUT2D eigenvalue weighted by molar-refractivity contribution is 0.0264. The Morgan fingerprint density at radius 3 is 2.21 bits per heavy atom. The van der Waals surface area contributed by atoms with E-state index in [1.807, 2.05) is 0 Å². The van der Waals surface area contributed by atoms with E-state index in [2.05, 4.69) is 13.8 Å². The first-order valence-corrected chi connectivity index (χ1v) is 5.95. The maximum Gasteiger partial charge on any atom is 0.0487 e. The summed E-state index contributed by atoms with van der Waals surface area (Å²) in [4.78, 5) is 0. The van der Waals surface area contributed by atoms with Gasteiger partial charge in [0, 0.05) is 19.8 Å². The molecule has 2 heteroatoms. The average molecular weight is 200 g/mol. The number of rotatable bonds is 5. The molecule has 1 rings (SSSR count). The van der Waals surface area contributed by atoms with Crippen LogP contribution in [0.2, 0.25) is 0 Å². The summed E-state index contributed by atoms with van der Waals surface area (Å²) in [6.07, 6.45) is 5.73. The van der Waals surface area contributed by atoms with E-state index in [9.17, 15) is 5.11 Å². The van der Waals surface area contributed by atoms with Crippen LogP contribution in [0.5, 0.6) is 0 Å². The van der Waals surface area contributed by atoms with Crippen LogP contribution in [0.1, 0.15) is 46.0 Å². The highest BCUT2D eigenvalue weighted by Gasteiger charge is 2.29. The predicted octanol–water partition coefficient (Wildman–Crippen LogP) is 2.60. The van der Waals surface area contributed by atoms with E-state index in [0.717, 1.165) is 32.0 Å². The Morgan fingerprint density at radius 2 is 1.79 bits per heavy atom. The first-order valence-electron chi connectivity index (χ1n) is 5.95. The lowest BCUT2D eigenvalue weighted by atomic mass is 9.74. The highest BCUT2D eigenvalue weighted by atomic mass is 16.5. The van der Waals surface area contributed by atoms with Gasteiger partial charge in [0.25, 0.3) is 0 Å². The average Bonchev–Trinajstić information content (AvgIpc) is 2.28. The van der Waals surface area contributed by atoms with Gasteiger partial charge in [-0.15, -0.1) is 0 Å². The lowest BCUT2D eigenvalue weighted by Crippen LogP contribution is -2.29. The summed E-state index contributed by atoms with van der Waals surface area (Å²) in [7, 11) is 0. The van der Waals surface area contributed by atoms with Gasteiger partial charge in [0.15, 0.2) is 0 Å². The van der Waals surface area contributed by atoms with Crippen molar-refractivity contribution in [3.63, 3.8) is 0 Å². The molecule has 0 aromatic heterocycles. The van der Waals surface area contributed by atoms with Crippen molar-refractivity contribution in [2.75, 3.05) is 19.8 Å². The summed E-state index contributed by atoms with van der Waals surface area (Å²) in [5.74, 6) is 0.774. The van der Waals surface area contributed by atoms with E-state index >= 15 is 0 Å². The molecule has 0 aliphatic carbocycles. The normalized spacial score (nSPS) is 19.9. The summed E-state index contributed by atoms with van der Waals surface area (Å²) in [5.41, 5.74) is 0.183. The standard InChI is InChI=1S/C12H24O2/c1-3-12(4-2,10-13)9-11-5-7-14-8-6-11/h11,13H,3-10H2,1-2H3. The molecular weight excluding hydrogens is 176 g/mol. The van der Waals surface area contributed by atoms with Crippen LogP contribution >= 0.6 is 0 Å².